The Morgan fingerprint density at radius 3 is 2.67 bits per heavy atom. The van der Waals surface area contributed by atoms with E-state index < -0.39 is 0 Å². The van der Waals surface area contributed by atoms with Crippen molar-refractivity contribution in [2.75, 3.05) is 6.54 Å². The van der Waals surface area contributed by atoms with Crippen molar-refractivity contribution in [3.63, 3.8) is 0 Å². The maximum atomic E-state index is 4.39. The summed E-state index contributed by atoms with van der Waals surface area (Å²) < 4.78 is 4.02. The smallest absolute Gasteiger partial charge is 0.0946 e. The second kappa shape index (κ2) is 5.35. The number of imidazole rings is 1. The fraction of sp³-hybridized carbons (Fsp3) is 0.538. The van der Waals surface area contributed by atoms with Crippen molar-refractivity contribution in [1.82, 2.24) is 24.6 Å². The third kappa shape index (κ3) is 2.61. The summed E-state index contributed by atoms with van der Waals surface area (Å²) in [5.41, 5.74) is 3.50. The molecule has 0 aliphatic carbocycles. The molecule has 0 aliphatic heterocycles. The molecule has 0 fully saturated rings. The number of nitrogens with one attached hydrogen (secondary N) is 1. The zero-order valence-electron chi connectivity index (χ0n) is 11.5. The van der Waals surface area contributed by atoms with Crippen LogP contribution in [0, 0.1) is 6.92 Å². The van der Waals surface area contributed by atoms with Crippen LogP contribution in [0.4, 0.5) is 0 Å². The molecule has 0 amide bonds. The second-order valence-electron chi connectivity index (χ2n) is 4.64. The number of likely N-dealkylation sites (N-methyl/N-ethyl adjacent to an activating group) is 1. The molecule has 1 atom stereocenters. The summed E-state index contributed by atoms with van der Waals surface area (Å²) in [5.74, 6) is 0. The van der Waals surface area contributed by atoms with Gasteiger partial charge in [-0.05, 0) is 19.5 Å². The van der Waals surface area contributed by atoms with E-state index in [2.05, 4.69) is 33.0 Å². The molecule has 0 saturated carbocycles. The topological polar surface area (TPSA) is 47.7 Å². The molecule has 0 aliphatic rings. The summed E-state index contributed by atoms with van der Waals surface area (Å²) in [5, 5.41) is 7.90. The Kier molecular flexibility index (Phi) is 3.81. The van der Waals surface area contributed by atoms with Crippen LogP contribution in [0.15, 0.2) is 18.6 Å². The molecule has 98 valence electrons. The molecule has 2 aromatic heterocycles. The fourth-order valence-corrected chi connectivity index (χ4v) is 2.30. The Labute approximate surface area is 108 Å². The molecule has 0 spiro atoms. The van der Waals surface area contributed by atoms with E-state index >= 15 is 0 Å². The van der Waals surface area contributed by atoms with Gasteiger partial charge in [0.2, 0.25) is 0 Å². The van der Waals surface area contributed by atoms with Crippen molar-refractivity contribution in [3.05, 3.63) is 35.7 Å². The predicted molar refractivity (Wildman–Crippen MR) is 71.3 cm³/mol. The van der Waals surface area contributed by atoms with Gasteiger partial charge in [0.25, 0.3) is 0 Å². The van der Waals surface area contributed by atoms with E-state index in [1.165, 1.54) is 11.4 Å². The van der Waals surface area contributed by atoms with Gasteiger partial charge in [0.15, 0.2) is 0 Å². The minimum absolute atomic E-state index is 0.275. The number of rotatable bonds is 5. The molecule has 0 bridgehead atoms. The second-order valence-corrected chi connectivity index (χ2v) is 4.64. The average molecular weight is 247 g/mol. The summed E-state index contributed by atoms with van der Waals surface area (Å²) >= 11 is 0. The first-order chi connectivity index (χ1) is 8.61. The summed E-state index contributed by atoms with van der Waals surface area (Å²) in [7, 11) is 4.02. The van der Waals surface area contributed by atoms with Gasteiger partial charge in [-0.1, -0.05) is 6.92 Å². The average Bonchev–Trinajstić information content (AvgIpc) is 2.85. The monoisotopic (exact) mass is 247 g/mol. The third-order valence-corrected chi connectivity index (χ3v) is 3.17. The van der Waals surface area contributed by atoms with Crippen LogP contribution < -0.4 is 5.32 Å². The Morgan fingerprint density at radius 2 is 2.17 bits per heavy atom. The van der Waals surface area contributed by atoms with Gasteiger partial charge < -0.3 is 9.88 Å². The van der Waals surface area contributed by atoms with Crippen LogP contribution in [0.25, 0.3) is 0 Å². The van der Waals surface area contributed by atoms with Crippen molar-refractivity contribution in [1.29, 1.82) is 0 Å². The van der Waals surface area contributed by atoms with E-state index in [0.29, 0.717) is 0 Å². The van der Waals surface area contributed by atoms with Gasteiger partial charge in [-0.3, -0.25) is 4.68 Å². The molecular formula is C13H21N5. The van der Waals surface area contributed by atoms with Gasteiger partial charge in [-0.2, -0.15) is 5.10 Å². The van der Waals surface area contributed by atoms with E-state index in [1.54, 1.807) is 0 Å². The van der Waals surface area contributed by atoms with Gasteiger partial charge in [-0.15, -0.1) is 0 Å². The largest absolute Gasteiger partial charge is 0.336 e. The van der Waals surface area contributed by atoms with Crippen molar-refractivity contribution in [3.8, 4) is 0 Å². The maximum absolute atomic E-state index is 4.39. The van der Waals surface area contributed by atoms with Crippen LogP contribution in [0.1, 0.15) is 30.0 Å². The van der Waals surface area contributed by atoms with Crippen molar-refractivity contribution in [2.24, 2.45) is 14.1 Å². The lowest BCUT2D eigenvalue weighted by Gasteiger charge is -2.18. The minimum Gasteiger partial charge on any atom is -0.336 e. The molecule has 1 unspecified atom stereocenters. The van der Waals surface area contributed by atoms with E-state index in [4.69, 9.17) is 0 Å². The lowest BCUT2D eigenvalue weighted by atomic mass is 10.1. The maximum Gasteiger partial charge on any atom is 0.0946 e. The normalized spacial score (nSPS) is 12.9. The molecule has 2 rings (SSSR count). The highest BCUT2D eigenvalue weighted by molar-refractivity contribution is 5.14. The van der Waals surface area contributed by atoms with E-state index in [0.717, 1.165) is 18.7 Å². The lowest BCUT2D eigenvalue weighted by molar-refractivity contribution is 0.504. The standard InChI is InChI=1S/C13H21N5/c1-5-15-12(13-8-14-9-17(13)3)7-11-6-10(2)16-18(11)4/h6,8-9,12,15H,5,7H2,1-4H3. The highest BCUT2D eigenvalue weighted by atomic mass is 15.3. The minimum atomic E-state index is 0.275. The summed E-state index contributed by atoms with van der Waals surface area (Å²) in [6.07, 6.45) is 4.69. The first-order valence-corrected chi connectivity index (χ1v) is 6.31. The van der Waals surface area contributed by atoms with Crippen molar-refractivity contribution >= 4 is 0 Å². The van der Waals surface area contributed by atoms with Gasteiger partial charge >= 0.3 is 0 Å². The Balaban J connectivity index is 2.22. The number of aromatic nitrogens is 4. The SMILES string of the molecule is CCNC(Cc1cc(C)nn1C)c1cncn1C. The molecule has 5 heteroatoms. The first kappa shape index (κ1) is 12.8. The van der Waals surface area contributed by atoms with Gasteiger partial charge in [0, 0.05) is 32.4 Å². The Bertz CT molecular complexity index is 511. The van der Waals surface area contributed by atoms with Gasteiger partial charge in [0.1, 0.15) is 0 Å². The zero-order chi connectivity index (χ0) is 13.1. The van der Waals surface area contributed by atoms with Crippen molar-refractivity contribution < 1.29 is 0 Å². The van der Waals surface area contributed by atoms with Gasteiger partial charge in [-0.25, -0.2) is 4.98 Å². The summed E-state index contributed by atoms with van der Waals surface area (Å²) in [6.45, 7) is 5.08. The molecule has 5 nitrogen and oxygen atoms in total. The van der Waals surface area contributed by atoms with Crippen LogP contribution in [0.2, 0.25) is 0 Å². The summed E-state index contributed by atoms with van der Waals surface area (Å²) in [4.78, 5) is 4.19. The van der Waals surface area contributed by atoms with E-state index in [1.807, 2.05) is 38.2 Å². The molecule has 0 aromatic carbocycles. The highest BCUT2D eigenvalue weighted by Gasteiger charge is 2.16. The first-order valence-electron chi connectivity index (χ1n) is 6.31. The number of hydrogen-bond acceptors (Lipinski definition) is 3. The predicted octanol–water partition coefficient (Wildman–Crippen LogP) is 1.36. The molecule has 1 N–H and O–H groups in total. The van der Waals surface area contributed by atoms with E-state index in [9.17, 15) is 0 Å². The fourth-order valence-electron chi connectivity index (χ4n) is 2.30. The lowest BCUT2D eigenvalue weighted by Crippen LogP contribution is -2.25. The van der Waals surface area contributed by atoms with Crippen molar-refractivity contribution in [2.45, 2.75) is 26.3 Å². The number of nitrogens with zero attached hydrogens (tertiary/aromatic N) is 4. The van der Waals surface area contributed by atoms with Crippen LogP contribution in [0.3, 0.4) is 0 Å². The quantitative estimate of drug-likeness (QED) is 0.867. The molecule has 18 heavy (non-hydrogen) atoms. The van der Waals surface area contributed by atoms with E-state index in [-0.39, 0.29) is 6.04 Å². The Hall–Kier alpha value is -1.62. The van der Waals surface area contributed by atoms with Crippen LogP contribution >= 0.6 is 0 Å². The highest BCUT2D eigenvalue weighted by Crippen LogP contribution is 2.17. The Morgan fingerprint density at radius 1 is 1.39 bits per heavy atom. The molecule has 0 radical (unpaired) electrons. The molecule has 0 saturated heterocycles. The van der Waals surface area contributed by atoms with Crippen LogP contribution in [0.5, 0.6) is 0 Å². The van der Waals surface area contributed by atoms with Gasteiger partial charge in [0.05, 0.1) is 23.8 Å². The molecule has 2 aromatic rings. The number of hydrogen-bond donors (Lipinski definition) is 1. The number of aryl methyl sites for hydroxylation is 3. The molecular weight excluding hydrogens is 226 g/mol. The third-order valence-electron chi connectivity index (χ3n) is 3.17. The zero-order valence-corrected chi connectivity index (χ0v) is 11.5. The van der Waals surface area contributed by atoms with Crippen LogP contribution in [-0.2, 0) is 20.5 Å². The van der Waals surface area contributed by atoms with Crippen LogP contribution in [-0.4, -0.2) is 25.9 Å². The summed E-state index contributed by atoms with van der Waals surface area (Å²) in [6, 6.07) is 2.41. The molecule has 2 heterocycles.